The van der Waals surface area contributed by atoms with Gasteiger partial charge < -0.3 is 47.4 Å². The summed E-state index contributed by atoms with van der Waals surface area (Å²) in [5.74, 6) is -0.464. The summed E-state index contributed by atoms with van der Waals surface area (Å²) in [5.41, 5.74) is -0.306. The van der Waals surface area contributed by atoms with E-state index in [1.807, 2.05) is 0 Å². The minimum atomic E-state index is -0.464. The summed E-state index contributed by atoms with van der Waals surface area (Å²) in [4.78, 5) is 10.9. The molecule has 0 N–H and O–H groups in total. The van der Waals surface area contributed by atoms with Gasteiger partial charge in [-0.15, -0.1) is 0 Å². The highest BCUT2D eigenvalue weighted by Crippen LogP contribution is 2.24. The molecule has 0 aromatic heterocycles. The van der Waals surface area contributed by atoms with E-state index in [0.29, 0.717) is 119 Å². The molecule has 38 heavy (non-hydrogen) atoms. The van der Waals surface area contributed by atoms with Crippen LogP contribution in [0.3, 0.4) is 0 Å². The quantitative estimate of drug-likeness (QED) is 0.0717. The van der Waals surface area contributed by atoms with Crippen molar-refractivity contribution in [3.8, 4) is 0 Å². The van der Waals surface area contributed by atoms with Crippen LogP contribution < -0.4 is 0 Å². The summed E-state index contributed by atoms with van der Waals surface area (Å²) in [5, 5.41) is 0. The average molecular weight is 551 g/mol. The minimum Gasteiger partial charge on any atom is -0.460 e. The summed E-state index contributed by atoms with van der Waals surface area (Å²) in [6.07, 6.45) is 1.93. The Kier molecular flexibility index (Phi) is 28.0. The minimum absolute atomic E-state index is 0.186. The summed E-state index contributed by atoms with van der Waals surface area (Å²) >= 11 is 0. The van der Waals surface area contributed by atoms with Crippen LogP contribution in [0.2, 0.25) is 0 Å². The summed E-state index contributed by atoms with van der Waals surface area (Å²) < 4.78 is 54.7. The van der Waals surface area contributed by atoms with E-state index in [0.717, 1.165) is 12.5 Å². The monoisotopic (exact) mass is 550 g/mol. The fourth-order valence-electron chi connectivity index (χ4n) is 2.88. The second kappa shape index (κ2) is 28.8. The molecular formula is C27H50O11. The maximum atomic E-state index is 10.9. The Morgan fingerprint density at radius 1 is 0.553 bits per heavy atom. The molecule has 0 aliphatic carbocycles. The smallest absolute Gasteiger partial charge is 0.330 e. The molecule has 2 radical (unpaired) electrons. The Bertz CT molecular complexity index is 499. The number of carbonyl (C=O) groups is 1. The molecule has 0 rings (SSSR count). The summed E-state index contributed by atoms with van der Waals surface area (Å²) in [6, 6.07) is 0. The third kappa shape index (κ3) is 23.9. The lowest BCUT2D eigenvalue weighted by Gasteiger charge is -2.32. The first-order chi connectivity index (χ1) is 18.6. The van der Waals surface area contributed by atoms with Gasteiger partial charge in [-0.25, -0.2) is 4.79 Å². The van der Waals surface area contributed by atoms with Gasteiger partial charge in [-0.1, -0.05) is 13.5 Å². The molecule has 0 spiro atoms. The molecule has 0 amide bonds. The first-order valence-corrected chi connectivity index (χ1v) is 13.2. The first-order valence-electron chi connectivity index (χ1n) is 13.2. The van der Waals surface area contributed by atoms with Crippen LogP contribution in [0, 0.1) is 19.3 Å². The van der Waals surface area contributed by atoms with Gasteiger partial charge in [0.05, 0.1) is 106 Å². The Hall–Kier alpha value is -1.15. The molecular weight excluding hydrogens is 500 g/mol. The van der Waals surface area contributed by atoms with Crippen LogP contribution in [0.5, 0.6) is 0 Å². The van der Waals surface area contributed by atoms with E-state index < -0.39 is 5.97 Å². The second-order valence-electron chi connectivity index (χ2n) is 8.06. The highest BCUT2D eigenvalue weighted by Gasteiger charge is 2.29. The van der Waals surface area contributed by atoms with Crippen molar-refractivity contribution in [2.75, 3.05) is 126 Å². The predicted octanol–water partition coefficient (Wildman–Crippen LogP) is 1.93. The predicted molar refractivity (Wildman–Crippen MR) is 142 cm³/mol. The third-order valence-electron chi connectivity index (χ3n) is 5.13. The summed E-state index contributed by atoms with van der Waals surface area (Å²) in [6.45, 7) is 21.1. The van der Waals surface area contributed by atoms with Crippen LogP contribution in [-0.4, -0.2) is 132 Å². The zero-order valence-corrected chi connectivity index (χ0v) is 23.3. The van der Waals surface area contributed by atoms with Crippen molar-refractivity contribution in [3.63, 3.8) is 0 Å². The fraction of sp³-hybridized carbons (Fsp3) is 0.815. The molecule has 0 saturated heterocycles. The van der Waals surface area contributed by atoms with Gasteiger partial charge in [-0.3, -0.25) is 0 Å². The van der Waals surface area contributed by atoms with E-state index in [2.05, 4.69) is 27.4 Å². The standard InChI is InChI=1S/C27H50O11/c1-5-26(28)38-22-21-34-14-13-33-17-20-37-25-27(6-2,23-35-18-15-31-11-9-29-7-3)24-36-19-16-32-12-10-30-8-4/h5H,1,3-4,6-25H2,2H3. The van der Waals surface area contributed by atoms with Crippen LogP contribution in [-0.2, 0) is 52.2 Å². The van der Waals surface area contributed by atoms with Crippen molar-refractivity contribution in [2.45, 2.75) is 13.3 Å². The molecule has 0 heterocycles. The number of carbonyl (C=O) groups excluding carboxylic acids is 1. The van der Waals surface area contributed by atoms with E-state index in [9.17, 15) is 4.79 Å². The largest absolute Gasteiger partial charge is 0.460 e. The molecule has 0 saturated carbocycles. The topological polar surface area (TPSA) is 109 Å². The molecule has 0 aromatic rings. The Balaban J connectivity index is 4.19. The van der Waals surface area contributed by atoms with E-state index in [1.54, 1.807) is 0 Å². The highest BCUT2D eigenvalue weighted by molar-refractivity contribution is 5.81. The van der Waals surface area contributed by atoms with Crippen molar-refractivity contribution < 1.29 is 52.2 Å². The molecule has 0 aliphatic rings. The lowest BCUT2D eigenvalue weighted by Crippen LogP contribution is -2.38. The third-order valence-corrected chi connectivity index (χ3v) is 5.13. The van der Waals surface area contributed by atoms with Crippen molar-refractivity contribution >= 4 is 5.97 Å². The Labute approximate surface area is 229 Å². The number of hydrogen-bond acceptors (Lipinski definition) is 11. The SMILES string of the molecule is [CH2]COCCOCCOCC(CC)(COCCOCCOC[CH2])COCCOCCOCCOC(=O)C=C. The maximum absolute atomic E-state index is 10.9. The maximum Gasteiger partial charge on any atom is 0.330 e. The molecule has 0 fully saturated rings. The van der Waals surface area contributed by atoms with Gasteiger partial charge in [-0.2, -0.15) is 0 Å². The lowest BCUT2D eigenvalue weighted by atomic mass is 9.88. The first kappa shape index (κ1) is 36.8. The zero-order valence-electron chi connectivity index (χ0n) is 23.3. The van der Waals surface area contributed by atoms with E-state index in [1.165, 1.54) is 0 Å². The highest BCUT2D eigenvalue weighted by atomic mass is 16.6. The molecule has 0 aliphatic heterocycles. The molecule has 0 aromatic carbocycles. The van der Waals surface area contributed by atoms with E-state index in [4.69, 9.17) is 47.4 Å². The van der Waals surface area contributed by atoms with Crippen LogP contribution >= 0.6 is 0 Å². The Morgan fingerprint density at radius 3 is 1.18 bits per heavy atom. The second-order valence-corrected chi connectivity index (χ2v) is 8.06. The number of hydrogen-bond donors (Lipinski definition) is 0. The number of esters is 1. The normalized spacial score (nSPS) is 11.7. The van der Waals surface area contributed by atoms with Crippen molar-refractivity contribution in [1.29, 1.82) is 0 Å². The van der Waals surface area contributed by atoms with Gasteiger partial charge in [0.15, 0.2) is 0 Å². The van der Waals surface area contributed by atoms with Gasteiger partial charge >= 0.3 is 5.97 Å². The van der Waals surface area contributed by atoms with Crippen LogP contribution in [0.1, 0.15) is 13.3 Å². The van der Waals surface area contributed by atoms with Gasteiger partial charge in [0.2, 0.25) is 0 Å². The van der Waals surface area contributed by atoms with E-state index >= 15 is 0 Å². The van der Waals surface area contributed by atoms with Gasteiger partial charge in [-0.05, 0) is 20.3 Å². The van der Waals surface area contributed by atoms with Gasteiger partial charge in [0.25, 0.3) is 0 Å². The van der Waals surface area contributed by atoms with Crippen LogP contribution in [0.15, 0.2) is 12.7 Å². The van der Waals surface area contributed by atoms with Crippen LogP contribution in [0.4, 0.5) is 0 Å². The molecule has 0 unspecified atom stereocenters. The lowest BCUT2D eigenvalue weighted by molar-refractivity contribution is -0.139. The zero-order chi connectivity index (χ0) is 28.0. The van der Waals surface area contributed by atoms with Gasteiger partial charge in [0, 0.05) is 24.7 Å². The van der Waals surface area contributed by atoms with Crippen LogP contribution in [0.25, 0.3) is 0 Å². The molecule has 224 valence electrons. The van der Waals surface area contributed by atoms with Gasteiger partial charge in [0.1, 0.15) is 6.61 Å². The van der Waals surface area contributed by atoms with Crippen molar-refractivity contribution in [2.24, 2.45) is 5.41 Å². The van der Waals surface area contributed by atoms with E-state index in [-0.39, 0.29) is 12.0 Å². The fourth-order valence-corrected chi connectivity index (χ4v) is 2.88. The van der Waals surface area contributed by atoms with Crippen molar-refractivity contribution in [3.05, 3.63) is 26.5 Å². The Morgan fingerprint density at radius 2 is 0.868 bits per heavy atom. The average Bonchev–Trinajstić information content (AvgIpc) is 2.93. The molecule has 0 atom stereocenters. The van der Waals surface area contributed by atoms with Crippen molar-refractivity contribution in [1.82, 2.24) is 0 Å². The number of ether oxygens (including phenoxy) is 10. The molecule has 0 bridgehead atoms. The summed E-state index contributed by atoms with van der Waals surface area (Å²) in [7, 11) is 0. The number of rotatable bonds is 31. The molecule has 11 heteroatoms. The molecule has 11 nitrogen and oxygen atoms in total.